The van der Waals surface area contributed by atoms with Crippen molar-refractivity contribution in [1.29, 1.82) is 0 Å². The number of carbonyl (C=O) groups excluding carboxylic acids is 3. The first kappa shape index (κ1) is 21.5. The Morgan fingerprint density at radius 2 is 2.04 bits per heavy atom. The van der Waals surface area contributed by atoms with Crippen LogP contribution in [0.2, 0.25) is 0 Å². The number of hydrogen-bond donors (Lipinski definition) is 2. The van der Waals surface area contributed by atoms with Crippen LogP contribution in [0, 0.1) is 0 Å². The Hall–Kier alpha value is -2.81. The molecule has 2 N–H and O–H groups in total. The molecule has 9 nitrogen and oxygen atoms in total. The fourth-order valence-corrected chi connectivity index (χ4v) is 2.73. The number of amides is 3. The van der Waals surface area contributed by atoms with Crippen molar-refractivity contribution in [1.82, 2.24) is 15.5 Å². The highest BCUT2D eigenvalue weighted by Crippen LogP contribution is 2.34. The molecule has 0 bridgehead atoms. The van der Waals surface area contributed by atoms with Gasteiger partial charge in [-0.2, -0.15) is 0 Å². The Labute approximate surface area is 165 Å². The minimum atomic E-state index is -0.229. The van der Waals surface area contributed by atoms with E-state index in [0.29, 0.717) is 31.1 Å². The molecule has 154 valence electrons. The third kappa shape index (κ3) is 5.59. The number of nitrogens with one attached hydrogen (secondary N) is 2. The van der Waals surface area contributed by atoms with Crippen molar-refractivity contribution in [2.75, 3.05) is 59.5 Å². The Morgan fingerprint density at radius 3 is 2.71 bits per heavy atom. The molecule has 0 aliphatic carbocycles. The second-order valence-corrected chi connectivity index (χ2v) is 6.78. The van der Waals surface area contributed by atoms with Crippen molar-refractivity contribution in [2.45, 2.75) is 12.5 Å². The molecule has 1 aromatic carbocycles. The van der Waals surface area contributed by atoms with E-state index in [4.69, 9.17) is 9.47 Å². The van der Waals surface area contributed by atoms with Crippen LogP contribution in [0.25, 0.3) is 0 Å². The first-order valence-electron chi connectivity index (χ1n) is 9.07. The van der Waals surface area contributed by atoms with Gasteiger partial charge in [-0.1, -0.05) is 0 Å². The summed E-state index contributed by atoms with van der Waals surface area (Å²) in [7, 11) is 6.70. The molecule has 0 fully saturated rings. The molecule has 2 rings (SSSR count). The molecule has 0 spiro atoms. The lowest BCUT2D eigenvalue weighted by Crippen LogP contribution is -2.45. The topological polar surface area (TPSA) is 100 Å². The van der Waals surface area contributed by atoms with E-state index in [1.54, 1.807) is 39.4 Å². The number of ether oxygens (including phenoxy) is 2. The third-order valence-corrected chi connectivity index (χ3v) is 4.53. The van der Waals surface area contributed by atoms with E-state index in [9.17, 15) is 14.4 Å². The molecule has 1 aliphatic rings. The van der Waals surface area contributed by atoms with Crippen molar-refractivity contribution in [3.8, 4) is 5.75 Å². The van der Waals surface area contributed by atoms with Crippen LogP contribution in [-0.4, -0.2) is 83.2 Å². The molecule has 9 heteroatoms. The van der Waals surface area contributed by atoms with Crippen LogP contribution in [0.3, 0.4) is 0 Å². The van der Waals surface area contributed by atoms with E-state index in [1.807, 2.05) is 11.9 Å². The van der Waals surface area contributed by atoms with Crippen LogP contribution in [0.1, 0.15) is 16.8 Å². The van der Waals surface area contributed by atoms with Gasteiger partial charge < -0.3 is 29.9 Å². The SMILES string of the molecule is COCCNC(=O)c1ccc2c(c1)N(C)[C@H](CC(=O)NCC(=O)N(C)C)CO2. The van der Waals surface area contributed by atoms with E-state index in [0.717, 1.165) is 5.69 Å². The predicted octanol–water partition coefficient (Wildman–Crippen LogP) is -0.145. The van der Waals surface area contributed by atoms with E-state index >= 15 is 0 Å². The van der Waals surface area contributed by atoms with Crippen LogP contribution >= 0.6 is 0 Å². The van der Waals surface area contributed by atoms with Gasteiger partial charge in [0.25, 0.3) is 5.91 Å². The number of methoxy groups -OCH3 is 1. The normalized spacial score (nSPS) is 15.3. The summed E-state index contributed by atoms with van der Waals surface area (Å²) in [5.74, 6) is 0.0642. The molecule has 28 heavy (non-hydrogen) atoms. The molecule has 1 aromatic rings. The summed E-state index contributed by atoms with van der Waals surface area (Å²) >= 11 is 0. The Balaban J connectivity index is 1.99. The minimum Gasteiger partial charge on any atom is -0.489 e. The van der Waals surface area contributed by atoms with Crippen LogP contribution < -0.4 is 20.3 Å². The van der Waals surface area contributed by atoms with Gasteiger partial charge in [-0.3, -0.25) is 14.4 Å². The lowest BCUT2D eigenvalue weighted by atomic mass is 10.1. The third-order valence-electron chi connectivity index (χ3n) is 4.53. The summed E-state index contributed by atoms with van der Waals surface area (Å²) in [5, 5.41) is 5.40. The fraction of sp³-hybridized carbons (Fsp3) is 0.526. The van der Waals surface area contributed by atoms with Crippen LogP contribution in [0.15, 0.2) is 18.2 Å². The van der Waals surface area contributed by atoms with Gasteiger partial charge in [-0.15, -0.1) is 0 Å². The van der Waals surface area contributed by atoms with Crippen LogP contribution in [-0.2, 0) is 14.3 Å². The van der Waals surface area contributed by atoms with Crippen molar-refractivity contribution in [3.63, 3.8) is 0 Å². The van der Waals surface area contributed by atoms with Crippen LogP contribution in [0.4, 0.5) is 5.69 Å². The quantitative estimate of drug-likeness (QED) is 0.597. The average molecular weight is 392 g/mol. The molecule has 1 heterocycles. The lowest BCUT2D eigenvalue weighted by molar-refractivity contribution is -0.131. The van der Waals surface area contributed by atoms with Crippen molar-refractivity contribution in [2.24, 2.45) is 0 Å². The van der Waals surface area contributed by atoms with Gasteiger partial charge >= 0.3 is 0 Å². The van der Waals surface area contributed by atoms with Crippen molar-refractivity contribution in [3.05, 3.63) is 23.8 Å². The first-order valence-corrected chi connectivity index (χ1v) is 9.07. The number of anilines is 1. The summed E-state index contributed by atoms with van der Waals surface area (Å²) in [6, 6.07) is 5.00. The van der Waals surface area contributed by atoms with Gasteiger partial charge in [0.1, 0.15) is 12.4 Å². The maximum atomic E-state index is 12.2. The van der Waals surface area contributed by atoms with Gasteiger partial charge in [0.2, 0.25) is 11.8 Å². The summed E-state index contributed by atoms with van der Waals surface area (Å²) in [6.45, 7) is 1.17. The standard InChI is InChI=1S/C19H28N4O5/c1-22(2)18(25)11-21-17(24)10-14-12-28-16-6-5-13(9-15(16)23(14)3)19(26)20-7-8-27-4/h5-6,9,14H,7-8,10-12H2,1-4H3,(H,20,26)(H,21,24)/t14-/m1/s1. The molecule has 3 amide bonds. The molecular formula is C19H28N4O5. The molecule has 1 aliphatic heterocycles. The zero-order valence-corrected chi connectivity index (χ0v) is 16.8. The first-order chi connectivity index (χ1) is 13.3. The fourth-order valence-electron chi connectivity index (χ4n) is 2.73. The maximum Gasteiger partial charge on any atom is 0.251 e. The second-order valence-electron chi connectivity index (χ2n) is 6.78. The highest BCUT2D eigenvalue weighted by Gasteiger charge is 2.27. The van der Waals surface area contributed by atoms with Gasteiger partial charge in [-0.05, 0) is 18.2 Å². The Morgan fingerprint density at radius 1 is 1.29 bits per heavy atom. The molecule has 1 atom stereocenters. The number of rotatable bonds is 8. The largest absolute Gasteiger partial charge is 0.489 e. The minimum absolute atomic E-state index is 0.0362. The van der Waals surface area contributed by atoms with E-state index in [1.165, 1.54) is 4.90 Å². The Kier molecular flexibility index (Phi) is 7.62. The smallest absolute Gasteiger partial charge is 0.251 e. The van der Waals surface area contributed by atoms with E-state index in [-0.39, 0.29) is 36.7 Å². The van der Waals surface area contributed by atoms with Gasteiger partial charge in [0, 0.05) is 40.4 Å². The molecule has 0 radical (unpaired) electrons. The molecule has 0 unspecified atom stereocenters. The average Bonchev–Trinajstić information content (AvgIpc) is 2.68. The Bertz CT molecular complexity index is 722. The van der Waals surface area contributed by atoms with E-state index in [2.05, 4.69) is 10.6 Å². The van der Waals surface area contributed by atoms with Gasteiger partial charge in [0.05, 0.1) is 31.3 Å². The molecular weight excluding hydrogens is 364 g/mol. The van der Waals surface area contributed by atoms with Crippen molar-refractivity contribution >= 4 is 23.4 Å². The number of carbonyl (C=O) groups is 3. The lowest BCUT2D eigenvalue weighted by Gasteiger charge is -2.35. The monoisotopic (exact) mass is 392 g/mol. The highest BCUT2D eigenvalue weighted by atomic mass is 16.5. The maximum absolute atomic E-state index is 12.2. The number of fused-ring (bicyclic) bond motifs is 1. The number of hydrogen-bond acceptors (Lipinski definition) is 6. The number of benzene rings is 1. The predicted molar refractivity (Wildman–Crippen MR) is 105 cm³/mol. The van der Waals surface area contributed by atoms with Crippen molar-refractivity contribution < 1.29 is 23.9 Å². The molecule has 0 saturated carbocycles. The zero-order valence-electron chi connectivity index (χ0n) is 16.8. The van der Waals surface area contributed by atoms with Gasteiger partial charge in [-0.25, -0.2) is 0 Å². The van der Waals surface area contributed by atoms with Crippen LogP contribution in [0.5, 0.6) is 5.75 Å². The van der Waals surface area contributed by atoms with E-state index < -0.39 is 0 Å². The van der Waals surface area contributed by atoms with Gasteiger partial charge in [0.15, 0.2) is 0 Å². The molecule has 0 aromatic heterocycles. The summed E-state index contributed by atoms with van der Waals surface area (Å²) in [5.41, 5.74) is 1.25. The molecule has 0 saturated heterocycles. The second kappa shape index (κ2) is 9.93. The zero-order chi connectivity index (χ0) is 20.7. The highest BCUT2D eigenvalue weighted by molar-refractivity contribution is 5.95. The number of nitrogens with zero attached hydrogens (tertiary/aromatic N) is 2. The summed E-state index contributed by atoms with van der Waals surface area (Å²) in [4.78, 5) is 39.4. The number of likely N-dealkylation sites (N-methyl/N-ethyl adjacent to an activating group) is 2. The summed E-state index contributed by atoms with van der Waals surface area (Å²) < 4.78 is 10.7. The summed E-state index contributed by atoms with van der Waals surface area (Å²) in [6.07, 6.45) is 0.181.